The van der Waals surface area contributed by atoms with Crippen molar-refractivity contribution in [1.29, 1.82) is 0 Å². The molecule has 3 aliphatic rings. The third kappa shape index (κ3) is 5.44. The summed E-state index contributed by atoms with van der Waals surface area (Å²) in [6, 6.07) is 0.0239. The van der Waals surface area contributed by atoms with Crippen LogP contribution in [0, 0.1) is 17.3 Å². The Morgan fingerprint density at radius 2 is 1.83 bits per heavy atom. The molecule has 0 saturated carbocycles. The molecule has 6 nitrogen and oxygen atoms in total. The van der Waals surface area contributed by atoms with Crippen LogP contribution in [-0.2, 0) is 9.53 Å². The van der Waals surface area contributed by atoms with E-state index in [4.69, 9.17) is 4.74 Å². The molecule has 0 bridgehead atoms. The van der Waals surface area contributed by atoms with E-state index in [-0.39, 0.29) is 41.6 Å². The number of piperidine rings is 1. The van der Waals surface area contributed by atoms with Crippen molar-refractivity contribution in [2.45, 2.75) is 91.3 Å². The fourth-order valence-corrected chi connectivity index (χ4v) is 5.81. The highest BCUT2D eigenvalue weighted by molar-refractivity contribution is 5.79. The number of rotatable bonds is 0. The Labute approximate surface area is 176 Å². The van der Waals surface area contributed by atoms with Crippen molar-refractivity contribution in [3.63, 3.8) is 0 Å². The second-order valence-corrected chi connectivity index (χ2v) is 11.3. The van der Waals surface area contributed by atoms with Crippen LogP contribution < -0.4 is 5.32 Å². The summed E-state index contributed by atoms with van der Waals surface area (Å²) in [4.78, 5) is 29.5. The number of nitrogens with zero attached hydrogens (tertiary/aromatic N) is 2. The quantitative estimate of drug-likeness (QED) is 0.667. The van der Waals surface area contributed by atoms with Crippen molar-refractivity contribution >= 4 is 11.9 Å². The minimum atomic E-state index is -0.210. The summed E-state index contributed by atoms with van der Waals surface area (Å²) < 4.78 is 5.67. The number of hydrogen-bond donors (Lipinski definition) is 1. The van der Waals surface area contributed by atoms with Gasteiger partial charge in [-0.05, 0) is 56.8 Å². The first-order valence-electron chi connectivity index (χ1n) is 11.4. The monoisotopic (exact) mass is 407 g/mol. The summed E-state index contributed by atoms with van der Waals surface area (Å²) >= 11 is 0. The number of carbonyl (C=O) groups is 2. The molecule has 29 heavy (non-hydrogen) atoms. The van der Waals surface area contributed by atoms with Crippen LogP contribution in [0.15, 0.2) is 0 Å². The van der Waals surface area contributed by atoms with E-state index in [2.05, 4.69) is 51.8 Å². The minimum absolute atomic E-state index is 0.0301. The molecule has 0 aromatic carbocycles. The summed E-state index contributed by atoms with van der Waals surface area (Å²) in [5, 5.41) is 3.02. The van der Waals surface area contributed by atoms with E-state index < -0.39 is 0 Å². The van der Waals surface area contributed by atoms with Crippen LogP contribution in [0.3, 0.4) is 0 Å². The summed E-state index contributed by atoms with van der Waals surface area (Å²) in [7, 11) is 0. The molecule has 0 aliphatic carbocycles. The van der Waals surface area contributed by atoms with Crippen LogP contribution in [0.4, 0.5) is 4.79 Å². The van der Waals surface area contributed by atoms with Gasteiger partial charge >= 0.3 is 6.03 Å². The van der Waals surface area contributed by atoms with Crippen LogP contribution in [0.2, 0.25) is 0 Å². The molecule has 0 spiro atoms. The number of likely N-dealkylation sites (tertiary alicyclic amines) is 1. The van der Waals surface area contributed by atoms with Crippen LogP contribution in [0.5, 0.6) is 0 Å². The summed E-state index contributed by atoms with van der Waals surface area (Å²) in [6.45, 7) is 15.9. The van der Waals surface area contributed by atoms with Crippen molar-refractivity contribution in [2.24, 2.45) is 17.3 Å². The van der Waals surface area contributed by atoms with E-state index in [0.29, 0.717) is 24.9 Å². The van der Waals surface area contributed by atoms with Gasteiger partial charge in [-0.25, -0.2) is 4.79 Å². The molecule has 3 aliphatic heterocycles. The van der Waals surface area contributed by atoms with Gasteiger partial charge in [-0.1, -0.05) is 34.1 Å². The van der Waals surface area contributed by atoms with E-state index in [0.717, 1.165) is 25.8 Å². The largest absolute Gasteiger partial charge is 0.366 e. The average Bonchev–Trinajstić information content (AvgIpc) is 2.62. The second kappa shape index (κ2) is 8.44. The highest BCUT2D eigenvalue weighted by atomic mass is 16.5. The number of morpholine rings is 1. The van der Waals surface area contributed by atoms with Crippen molar-refractivity contribution in [2.75, 3.05) is 26.2 Å². The number of amides is 3. The lowest BCUT2D eigenvalue weighted by Crippen LogP contribution is -2.64. The van der Waals surface area contributed by atoms with E-state index in [1.165, 1.54) is 12.8 Å². The predicted octanol–water partition coefficient (Wildman–Crippen LogP) is 3.65. The predicted molar refractivity (Wildman–Crippen MR) is 115 cm³/mol. The number of hydrogen-bond acceptors (Lipinski definition) is 3. The summed E-state index contributed by atoms with van der Waals surface area (Å²) in [5.74, 6) is 1.08. The SMILES string of the molecule is CC1CCC(C)(C)CC(C)(C)N(C(=O)N2CCC3OCC(=O)NC3C2)CC(C)C1. The standard InChI is InChI=1S/C23H41N3O3/c1-16-7-9-22(3,4)15-23(5,6)26(12-17(2)11-16)21(28)25-10-8-19-18(13-25)24-20(27)14-29-19/h16-19H,7-15H2,1-6H3,(H,24,27). The fourth-order valence-electron chi connectivity index (χ4n) is 5.81. The first kappa shape index (κ1) is 22.4. The highest BCUT2D eigenvalue weighted by Gasteiger charge is 2.42. The molecule has 0 aromatic heterocycles. The first-order chi connectivity index (χ1) is 13.5. The van der Waals surface area contributed by atoms with Crippen LogP contribution >= 0.6 is 0 Å². The molecule has 0 aromatic rings. The van der Waals surface area contributed by atoms with Crippen molar-refractivity contribution in [3.05, 3.63) is 0 Å². The zero-order chi connectivity index (χ0) is 21.4. The maximum atomic E-state index is 13.7. The Hall–Kier alpha value is -1.30. The van der Waals surface area contributed by atoms with Crippen LogP contribution in [0.25, 0.3) is 0 Å². The number of ether oxygens (including phenoxy) is 1. The lowest BCUT2D eigenvalue weighted by Gasteiger charge is -2.49. The maximum Gasteiger partial charge on any atom is 0.320 e. The van der Waals surface area contributed by atoms with Gasteiger partial charge < -0.3 is 19.9 Å². The van der Waals surface area contributed by atoms with Crippen LogP contribution in [-0.4, -0.2) is 65.7 Å². The van der Waals surface area contributed by atoms with Gasteiger partial charge in [0.2, 0.25) is 5.91 Å². The van der Waals surface area contributed by atoms with Gasteiger partial charge in [0, 0.05) is 25.2 Å². The van der Waals surface area contributed by atoms with Gasteiger partial charge in [0.1, 0.15) is 6.61 Å². The number of nitrogens with one attached hydrogen (secondary N) is 1. The van der Waals surface area contributed by atoms with Crippen LogP contribution in [0.1, 0.15) is 73.6 Å². The maximum absolute atomic E-state index is 13.7. The molecule has 4 unspecified atom stereocenters. The lowest BCUT2D eigenvalue weighted by molar-refractivity contribution is -0.139. The molecule has 6 heteroatoms. The molecule has 3 saturated heterocycles. The Bertz CT molecular complexity index is 618. The first-order valence-corrected chi connectivity index (χ1v) is 11.4. The highest BCUT2D eigenvalue weighted by Crippen LogP contribution is 2.39. The molecule has 3 amide bonds. The van der Waals surface area contributed by atoms with Gasteiger partial charge in [-0.2, -0.15) is 0 Å². The molecular formula is C23H41N3O3. The molecule has 3 rings (SSSR count). The minimum Gasteiger partial charge on any atom is -0.366 e. The zero-order valence-electron chi connectivity index (χ0n) is 19.3. The van der Waals surface area contributed by atoms with E-state index in [1.807, 2.05) is 4.90 Å². The van der Waals surface area contributed by atoms with Gasteiger partial charge in [0.25, 0.3) is 0 Å². The third-order valence-corrected chi connectivity index (χ3v) is 7.08. The lowest BCUT2D eigenvalue weighted by atomic mass is 9.73. The third-order valence-electron chi connectivity index (χ3n) is 7.08. The van der Waals surface area contributed by atoms with Gasteiger partial charge in [0.15, 0.2) is 0 Å². The Morgan fingerprint density at radius 1 is 1.10 bits per heavy atom. The molecular weight excluding hydrogens is 366 g/mol. The van der Waals surface area contributed by atoms with E-state index in [1.54, 1.807) is 0 Å². The van der Waals surface area contributed by atoms with Crippen molar-refractivity contribution < 1.29 is 14.3 Å². The van der Waals surface area contributed by atoms with Crippen molar-refractivity contribution in [1.82, 2.24) is 15.1 Å². The fraction of sp³-hybridized carbons (Fsp3) is 0.913. The number of fused-ring (bicyclic) bond motifs is 1. The van der Waals surface area contributed by atoms with Gasteiger partial charge in [0.05, 0.1) is 12.1 Å². The Kier molecular flexibility index (Phi) is 6.52. The smallest absolute Gasteiger partial charge is 0.320 e. The number of carbonyl (C=O) groups excluding carboxylic acids is 2. The molecule has 0 radical (unpaired) electrons. The number of urea groups is 1. The molecule has 166 valence electrons. The van der Waals surface area contributed by atoms with Gasteiger partial charge in [-0.3, -0.25) is 4.79 Å². The second-order valence-electron chi connectivity index (χ2n) is 11.3. The van der Waals surface area contributed by atoms with E-state index >= 15 is 0 Å². The zero-order valence-corrected chi connectivity index (χ0v) is 19.3. The average molecular weight is 408 g/mol. The van der Waals surface area contributed by atoms with Crippen molar-refractivity contribution in [3.8, 4) is 0 Å². The summed E-state index contributed by atoms with van der Waals surface area (Å²) in [5.41, 5.74) is -0.00632. The van der Waals surface area contributed by atoms with Gasteiger partial charge in [-0.15, -0.1) is 0 Å². The molecule has 4 atom stereocenters. The Morgan fingerprint density at radius 3 is 2.55 bits per heavy atom. The molecule has 3 fully saturated rings. The molecule has 1 N–H and O–H groups in total. The molecule has 3 heterocycles. The normalized spacial score (nSPS) is 35.4. The van der Waals surface area contributed by atoms with E-state index in [9.17, 15) is 9.59 Å². The Balaban J connectivity index is 1.78. The topological polar surface area (TPSA) is 61.9 Å². The summed E-state index contributed by atoms with van der Waals surface area (Å²) in [6.07, 6.45) is 5.42.